The van der Waals surface area contributed by atoms with Gasteiger partial charge in [0, 0.05) is 23.1 Å². The van der Waals surface area contributed by atoms with Crippen molar-refractivity contribution in [3.05, 3.63) is 24.3 Å². The van der Waals surface area contributed by atoms with Crippen LogP contribution >= 0.6 is 15.9 Å². The summed E-state index contributed by atoms with van der Waals surface area (Å²) in [6.45, 7) is 2.21. The van der Waals surface area contributed by atoms with Crippen LogP contribution in [0.3, 0.4) is 0 Å². The fourth-order valence-corrected chi connectivity index (χ4v) is 5.18. The smallest absolute Gasteiger partial charge is 0.306 e. The number of cyclic esters (lactones) is 1. The first-order valence-corrected chi connectivity index (χ1v) is 10.4. The molecular weight excluding hydrogens is 368 g/mol. The van der Waals surface area contributed by atoms with Crippen LogP contribution in [0.5, 0.6) is 0 Å². The summed E-state index contributed by atoms with van der Waals surface area (Å²) in [5.41, 5.74) is 0. The molecule has 0 bridgehead atoms. The second-order valence-corrected chi connectivity index (χ2v) is 8.71. The maximum atomic E-state index is 12.3. The van der Waals surface area contributed by atoms with Gasteiger partial charge in [-0.15, -0.1) is 0 Å². The van der Waals surface area contributed by atoms with Crippen LogP contribution in [-0.2, 0) is 9.53 Å². The van der Waals surface area contributed by atoms with Gasteiger partial charge in [-0.05, 0) is 43.9 Å². The molecule has 3 rings (SSSR count). The average molecular weight is 397 g/mol. The van der Waals surface area contributed by atoms with Crippen LogP contribution in [0.25, 0.3) is 0 Å². The van der Waals surface area contributed by atoms with Gasteiger partial charge in [-0.1, -0.05) is 53.6 Å². The van der Waals surface area contributed by atoms with E-state index in [4.69, 9.17) is 4.74 Å². The summed E-state index contributed by atoms with van der Waals surface area (Å²) in [7, 11) is 0. The molecule has 0 radical (unpaired) electrons. The summed E-state index contributed by atoms with van der Waals surface area (Å²) in [6, 6.07) is 0. The van der Waals surface area contributed by atoms with Crippen molar-refractivity contribution in [3.8, 4) is 0 Å². The van der Waals surface area contributed by atoms with E-state index in [-0.39, 0.29) is 28.7 Å². The number of aliphatic hydroxyl groups excluding tert-OH is 1. The summed E-state index contributed by atoms with van der Waals surface area (Å²) in [6.07, 6.45) is 14.5. The second kappa shape index (κ2) is 8.18. The van der Waals surface area contributed by atoms with Crippen LogP contribution in [-0.4, -0.2) is 28.1 Å². The predicted octanol–water partition coefficient (Wildman–Crippen LogP) is 4.39. The Labute approximate surface area is 153 Å². The molecule has 0 saturated heterocycles. The molecule has 0 amide bonds. The van der Waals surface area contributed by atoms with E-state index in [0.29, 0.717) is 18.3 Å². The summed E-state index contributed by atoms with van der Waals surface area (Å²) in [4.78, 5) is 12.4. The largest absolute Gasteiger partial charge is 0.462 e. The number of ether oxygens (including phenoxy) is 1. The van der Waals surface area contributed by atoms with E-state index in [9.17, 15) is 9.90 Å². The molecular formula is C20H29BrO3. The van der Waals surface area contributed by atoms with E-state index in [0.717, 1.165) is 38.5 Å². The number of alkyl halides is 1. The van der Waals surface area contributed by atoms with Crippen molar-refractivity contribution in [2.75, 3.05) is 0 Å². The van der Waals surface area contributed by atoms with Gasteiger partial charge in [0.25, 0.3) is 0 Å². The molecule has 2 saturated carbocycles. The van der Waals surface area contributed by atoms with E-state index in [1.54, 1.807) is 0 Å². The molecule has 1 aliphatic heterocycles. The van der Waals surface area contributed by atoms with Gasteiger partial charge in [-0.2, -0.15) is 0 Å². The molecule has 2 fully saturated rings. The summed E-state index contributed by atoms with van der Waals surface area (Å²) >= 11 is 3.63. The number of carbonyl (C=O) groups is 1. The van der Waals surface area contributed by atoms with E-state index >= 15 is 0 Å². The number of halogens is 1. The second-order valence-electron chi connectivity index (χ2n) is 7.53. The number of hydrogen-bond donors (Lipinski definition) is 1. The number of aliphatic hydroxyl groups is 1. The van der Waals surface area contributed by atoms with Crippen LogP contribution in [0.2, 0.25) is 0 Å². The third kappa shape index (κ3) is 4.13. The van der Waals surface area contributed by atoms with Gasteiger partial charge >= 0.3 is 5.97 Å². The third-order valence-electron chi connectivity index (χ3n) is 5.92. The zero-order chi connectivity index (χ0) is 17.1. The SMILES string of the molecule is CCC1CC1C1OC(=O)CCCC=CCC=CC2C(O)C(Br)CC21. The van der Waals surface area contributed by atoms with Crippen molar-refractivity contribution in [3.63, 3.8) is 0 Å². The Morgan fingerprint density at radius 1 is 1.25 bits per heavy atom. The molecule has 0 aromatic rings. The van der Waals surface area contributed by atoms with E-state index < -0.39 is 6.10 Å². The van der Waals surface area contributed by atoms with Gasteiger partial charge in [0.2, 0.25) is 0 Å². The van der Waals surface area contributed by atoms with Gasteiger partial charge in [0.1, 0.15) is 6.10 Å². The molecule has 0 aromatic carbocycles. The molecule has 7 unspecified atom stereocenters. The number of esters is 1. The number of carbonyl (C=O) groups excluding carboxylic acids is 1. The first kappa shape index (κ1) is 18.2. The lowest BCUT2D eigenvalue weighted by atomic mass is 9.86. The normalized spacial score (nSPS) is 43.3. The zero-order valence-corrected chi connectivity index (χ0v) is 16.0. The Kier molecular flexibility index (Phi) is 6.20. The minimum absolute atomic E-state index is 0.0389. The maximum Gasteiger partial charge on any atom is 0.306 e. The maximum absolute atomic E-state index is 12.3. The van der Waals surface area contributed by atoms with Crippen LogP contribution in [0.4, 0.5) is 0 Å². The minimum Gasteiger partial charge on any atom is -0.462 e. The fourth-order valence-electron chi connectivity index (χ4n) is 4.40. The molecule has 3 nitrogen and oxygen atoms in total. The lowest BCUT2D eigenvalue weighted by Gasteiger charge is -2.28. The standard InChI is InChI=1S/C20H29BrO3/c1-2-13-11-15(13)20-16-12-17(21)19(23)14(16)9-7-5-3-4-6-8-10-18(22)24-20/h3-4,7,9,13-17,19-20,23H,2,5-6,8,10-12H2,1H3. The van der Waals surface area contributed by atoms with Crippen molar-refractivity contribution in [2.24, 2.45) is 23.7 Å². The van der Waals surface area contributed by atoms with Gasteiger partial charge in [0.05, 0.1) is 6.10 Å². The fraction of sp³-hybridized carbons (Fsp3) is 0.750. The van der Waals surface area contributed by atoms with Crippen LogP contribution in [0.1, 0.15) is 51.9 Å². The van der Waals surface area contributed by atoms with Gasteiger partial charge in [0.15, 0.2) is 0 Å². The molecule has 1 N–H and O–H groups in total. The topological polar surface area (TPSA) is 46.5 Å². The Hall–Kier alpha value is -0.610. The molecule has 0 spiro atoms. The predicted molar refractivity (Wildman–Crippen MR) is 98.8 cm³/mol. The van der Waals surface area contributed by atoms with Crippen LogP contribution in [0, 0.1) is 23.7 Å². The zero-order valence-electron chi connectivity index (χ0n) is 14.4. The van der Waals surface area contributed by atoms with Crippen molar-refractivity contribution < 1.29 is 14.6 Å². The molecule has 3 aliphatic rings. The van der Waals surface area contributed by atoms with Crippen molar-refractivity contribution in [2.45, 2.75) is 68.9 Å². The number of allylic oxidation sites excluding steroid dienone is 3. The molecule has 24 heavy (non-hydrogen) atoms. The molecule has 134 valence electrons. The highest BCUT2D eigenvalue weighted by Gasteiger charge is 2.52. The van der Waals surface area contributed by atoms with Crippen molar-refractivity contribution in [1.29, 1.82) is 0 Å². The Morgan fingerprint density at radius 3 is 2.83 bits per heavy atom. The van der Waals surface area contributed by atoms with E-state index in [1.165, 1.54) is 0 Å². The number of fused-ring (bicyclic) bond motifs is 1. The highest BCUT2D eigenvalue weighted by molar-refractivity contribution is 9.09. The molecule has 2 aliphatic carbocycles. The average Bonchev–Trinajstić information content (AvgIpc) is 3.29. The van der Waals surface area contributed by atoms with Crippen molar-refractivity contribution in [1.82, 2.24) is 0 Å². The Balaban J connectivity index is 1.83. The van der Waals surface area contributed by atoms with E-state index in [2.05, 4.69) is 47.2 Å². The van der Waals surface area contributed by atoms with Gasteiger partial charge in [-0.3, -0.25) is 4.79 Å². The Morgan fingerprint density at radius 2 is 2.08 bits per heavy atom. The van der Waals surface area contributed by atoms with Crippen molar-refractivity contribution >= 4 is 21.9 Å². The molecule has 7 atom stereocenters. The number of hydrogen-bond acceptors (Lipinski definition) is 3. The highest BCUT2D eigenvalue weighted by Crippen LogP contribution is 2.52. The molecule has 0 aromatic heterocycles. The molecule has 1 heterocycles. The number of rotatable bonds is 2. The highest BCUT2D eigenvalue weighted by atomic mass is 79.9. The quantitative estimate of drug-likeness (QED) is 0.427. The lowest BCUT2D eigenvalue weighted by molar-refractivity contribution is -0.154. The molecule has 4 heteroatoms. The minimum atomic E-state index is -0.402. The third-order valence-corrected chi connectivity index (χ3v) is 6.83. The first-order valence-electron chi connectivity index (χ1n) is 9.45. The van der Waals surface area contributed by atoms with Gasteiger partial charge < -0.3 is 9.84 Å². The first-order chi connectivity index (χ1) is 11.6. The summed E-state index contributed by atoms with van der Waals surface area (Å²) in [5, 5.41) is 10.6. The lowest BCUT2D eigenvalue weighted by Crippen LogP contribution is -2.33. The van der Waals surface area contributed by atoms with Gasteiger partial charge in [-0.25, -0.2) is 0 Å². The van der Waals surface area contributed by atoms with E-state index in [1.807, 2.05) is 0 Å². The van der Waals surface area contributed by atoms with Crippen LogP contribution < -0.4 is 0 Å². The summed E-state index contributed by atoms with van der Waals surface area (Å²) in [5.74, 6) is 1.38. The Bertz CT molecular complexity index is 501. The monoisotopic (exact) mass is 396 g/mol. The summed E-state index contributed by atoms with van der Waals surface area (Å²) < 4.78 is 6.00. The van der Waals surface area contributed by atoms with Crippen LogP contribution in [0.15, 0.2) is 24.3 Å².